The van der Waals surface area contributed by atoms with Crippen LogP contribution in [-0.4, -0.2) is 28.9 Å². The highest BCUT2D eigenvalue weighted by Crippen LogP contribution is 2.28. The second-order valence-corrected chi connectivity index (χ2v) is 7.68. The number of primary sulfonamides is 1. The van der Waals surface area contributed by atoms with Gasteiger partial charge in [-0.05, 0) is 48.5 Å². The Kier molecular flexibility index (Phi) is 5.08. The first-order chi connectivity index (χ1) is 12.4. The largest absolute Gasteiger partial charge is 0.270 e. The maximum atomic E-state index is 13.2. The lowest BCUT2D eigenvalue weighted by atomic mass is 10.2. The summed E-state index contributed by atoms with van der Waals surface area (Å²) in [5, 5.41) is 14.0. The predicted molar refractivity (Wildman–Crippen MR) is 97.7 cm³/mol. The fourth-order valence-electron chi connectivity index (χ4n) is 2.27. The van der Waals surface area contributed by atoms with Crippen LogP contribution < -0.4 is 5.14 Å². The van der Waals surface area contributed by atoms with Gasteiger partial charge in [-0.3, -0.25) is 4.57 Å². The number of sulfonamides is 1. The number of nitrogens with two attached hydrogens (primary N) is 1. The Morgan fingerprint density at radius 2 is 1.77 bits per heavy atom. The van der Waals surface area contributed by atoms with Crippen LogP contribution in [0.1, 0.15) is 0 Å². The molecule has 2 aromatic carbocycles. The molecule has 0 saturated carbocycles. The van der Waals surface area contributed by atoms with Crippen LogP contribution in [0, 0.1) is 18.2 Å². The molecule has 0 unspecified atom stereocenters. The van der Waals surface area contributed by atoms with Gasteiger partial charge in [-0.25, -0.2) is 17.9 Å². The third kappa shape index (κ3) is 3.77. The quantitative estimate of drug-likeness (QED) is 0.535. The van der Waals surface area contributed by atoms with Gasteiger partial charge in [0, 0.05) is 11.3 Å². The van der Waals surface area contributed by atoms with Gasteiger partial charge in [0.2, 0.25) is 10.0 Å². The number of terminal acetylenes is 1. The van der Waals surface area contributed by atoms with Crippen molar-refractivity contribution in [1.82, 2.24) is 14.8 Å². The fraction of sp³-hybridized carbons (Fsp3) is 0.0588. The number of rotatable bonds is 5. The minimum atomic E-state index is -3.79. The van der Waals surface area contributed by atoms with Crippen LogP contribution in [0.25, 0.3) is 17.1 Å². The van der Waals surface area contributed by atoms with E-state index in [0.717, 1.165) is 0 Å². The Labute approximate surface area is 154 Å². The van der Waals surface area contributed by atoms with Crippen molar-refractivity contribution in [3.63, 3.8) is 0 Å². The van der Waals surface area contributed by atoms with Gasteiger partial charge in [0.05, 0.1) is 10.6 Å². The van der Waals surface area contributed by atoms with E-state index in [1.54, 1.807) is 28.8 Å². The molecule has 0 saturated heterocycles. The first-order valence-electron chi connectivity index (χ1n) is 7.31. The zero-order chi connectivity index (χ0) is 18.7. The smallest absolute Gasteiger partial charge is 0.238 e. The number of hydrogen-bond acceptors (Lipinski definition) is 5. The molecule has 0 bridgehead atoms. The number of aromatic nitrogens is 3. The standard InChI is InChI=1S/C17H13FN4O2S2/c1-2-11-25-17-21-20-16(12-3-5-13(18)6-4-12)22(17)14-7-9-15(10-8-14)26(19,23)24/h1,3-10H,11H2,(H2,19,23,24). The van der Waals surface area contributed by atoms with Crippen LogP contribution >= 0.6 is 11.8 Å². The predicted octanol–water partition coefficient (Wildman–Crippen LogP) is 2.45. The van der Waals surface area contributed by atoms with E-state index in [0.29, 0.717) is 28.0 Å². The van der Waals surface area contributed by atoms with Gasteiger partial charge in [-0.1, -0.05) is 17.7 Å². The van der Waals surface area contributed by atoms with Crippen molar-refractivity contribution >= 4 is 21.8 Å². The van der Waals surface area contributed by atoms with Gasteiger partial charge in [0.1, 0.15) is 5.82 Å². The molecule has 6 nitrogen and oxygen atoms in total. The van der Waals surface area contributed by atoms with Crippen LogP contribution in [0.2, 0.25) is 0 Å². The van der Waals surface area contributed by atoms with Crippen LogP contribution in [0.4, 0.5) is 4.39 Å². The number of thioether (sulfide) groups is 1. The minimum absolute atomic E-state index is 0.00418. The zero-order valence-corrected chi connectivity index (χ0v) is 15.0. The molecule has 132 valence electrons. The topological polar surface area (TPSA) is 90.9 Å². The van der Waals surface area contributed by atoms with Crippen LogP contribution in [0.15, 0.2) is 58.6 Å². The van der Waals surface area contributed by atoms with Crippen molar-refractivity contribution in [2.75, 3.05) is 5.75 Å². The van der Waals surface area contributed by atoms with Crippen molar-refractivity contribution in [2.45, 2.75) is 10.1 Å². The van der Waals surface area contributed by atoms with Gasteiger partial charge < -0.3 is 0 Å². The van der Waals surface area contributed by atoms with E-state index >= 15 is 0 Å². The zero-order valence-electron chi connectivity index (χ0n) is 13.3. The molecule has 9 heteroatoms. The molecule has 26 heavy (non-hydrogen) atoms. The summed E-state index contributed by atoms with van der Waals surface area (Å²) in [6.45, 7) is 0. The van der Waals surface area contributed by atoms with Crippen LogP contribution in [0.3, 0.4) is 0 Å². The van der Waals surface area contributed by atoms with Crippen LogP contribution in [-0.2, 0) is 10.0 Å². The molecule has 3 aromatic rings. The lowest BCUT2D eigenvalue weighted by Crippen LogP contribution is -2.12. The highest BCUT2D eigenvalue weighted by atomic mass is 32.2. The van der Waals surface area contributed by atoms with Gasteiger partial charge in [0.25, 0.3) is 0 Å². The number of nitrogens with zero attached hydrogens (tertiary/aromatic N) is 3. The van der Waals surface area contributed by atoms with E-state index in [2.05, 4.69) is 16.1 Å². The molecule has 0 fully saturated rings. The van der Waals surface area contributed by atoms with E-state index in [1.807, 2.05) is 0 Å². The van der Waals surface area contributed by atoms with Crippen molar-refractivity contribution < 1.29 is 12.8 Å². The summed E-state index contributed by atoms with van der Waals surface area (Å²) < 4.78 is 37.8. The molecule has 0 amide bonds. The lowest BCUT2D eigenvalue weighted by molar-refractivity contribution is 0.598. The highest BCUT2D eigenvalue weighted by molar-refractivity contribution is 7.99. The van der Waals surface area contributed by atoms with Gasteiger partial charge in [-0.2, -0.15) is 0 Å². The Balaban J connectivity index is 2.12. The van der Waals surface area contributed by atoms with Crippen molar-refractivity contribution in [3.05, 3.63) is 54.3 Å². The average molecular weight is 388 g/mol. The van der Waals surface area contributed by atoms with E-state index in [-0.39, 0.29) is 10.7 Å². The van der Waals surface area contributed by atoms with E-state index in [9.17, 15) is 12.8 Å². The summed E-state index contributed by atoms with van der Waals surface area (Å²) in [6, 6.07) is 11.8. The van der Waals surface area contributed by atoms with Crippen molar-refractivity contribution in [1.29, 1.82) is 0 Å². The molecular formula is C17H13FN4O2S2. The third-order valence-electron chi connectivity index (χ3n) is 3.44. The molecule has 0 radical (unpaired) electrons. The van der Waals surface area contributed by atoms with Crippen LogP contribution in [0.5, 0.6) is 0 Å². The Hall–Kier alpha value is -2.67. The third-order valence-corrected chi connectivity index (χ3v) is 5.21. The SMILES string of the molecule is C#CCSc1nnc(-c2ccc(F)cc2)n1-c1ccc(S(N)(=O)=O)cc1. The normalized spacial score (nSPS) is 11.3. The summed E-state index contributed by atoms with van der Waals surface area (Å²) in [4.78, 5) is -0.00418. The summed E-state index contributed by atoms with van der Waals surface area (Å²) in [5.41, 5.74) is 1.28. The van der Waals surface area contributed by atoms with E-state index in [4.69, 9.17) is 11.6 Å². The Morgan fingerprint density at radius 1 is 1.12 bits per heavy atom. The fourth-order valence-corrected chi connectivity index (χ4v) is 3.42. The lowest BCUT2D eigenvalue weighted by Gasteiger charge is -2.10. The number of benzene rings is 2. The minimum Gasteiger partial charge on any atom is -0.270 e. The van der Waals surface area contributed by atoms with E-state index < -0.39 is 10.0 Å². The molecule has 0 aliphatic carbocycles. The maximum Gasteiger partial charge on any atom is 0.238 e. The molecule has 0 aliphatic rings. The number of halogens is 1. The summed E-state index contributed by atoms with van der Waals surface area (Å²) in [5.74, 6) is 3.02. The van der Waals surface area contributed by atoms with Gasteiger partial charge >= 0.3 is 0 Å². The van der Waals surface area contributed by atoms with E-state index in [1.165, 1.54) is 36.0 Å². The molecule has 1 aromatic heterocycles. The summed E-state index contributed by atoms with van der Waals surface area (Å²) in [7, 11) is -3.79. The second kappa shape index (κ2) is 7.29. The summed E-state index contributed by atoms with van der Waals surface area (Å²) >= 11 is 1.31. The second-order valence-electron chi connectivity index (χ2n) is 5.18. The van der Waals surface area contributed by atoms with Crippen molar-refractivity contribution in [3.8, 4) is 29.4 Å². The molecular weight excluding hydrogens is 375 g/mol. The molecule has 0 atom stereocenters. The molecule has 0 aliphatic heterocycles. The Bertz CT molecular complexity index is 1070. The Morgan fingerprint density at radius 3 is 2.35 bits per heavy atom. The molecule has 0 spiro atoms. The summed E-state index contributed by atoms with van der Waals surface area (Å²) in [6.07, 6.45) is 5.32. The monoisotopic (exact) mass is 388 g/mol. The first-order valence-corrected chi connectivity index (χ1v) is 9.84. The molecule has 3 rings (SSSR count). The van der Waals surface area contributed by atoms with Gasteiger partial charge in [-0.15, -0.1) is 16.6 Å². The maximum absolute atomic E-state index is 13.2. The molecule has 1 heterocycles. The molecule has 2 N–H and O–H groups in total. The highest BCUT2D eigenvalue weighted by Gasteiger charge is 2.17. The van der Waals surface area contributed by atoms with Gasteiger partial charge in [0.15, 0.2) is 11.0 Å². The van der Waals surface area contributed by atoms with Crippen molar-refractivity contribution in [2.24, 2.45) is 5.14 Å². The first kappa shape index (κ1) is 18.1. The number of hydrogen-bond donors (Lipinski definition) is 1. The average Bonchev–Trinajstić information content (AvgIpc) is 3.04.